The van der Waals surface area contributed by atoms with Gasteiger partial charge in [-0.05, 0) is 28.1 Å². The minimum atomic E-state index is -0.165. The van der Waals surface area contributed by atoms with Crippen LogP contribution in [0.3, 0.4) is 0 Å². The molecule has 0 radical (unpaired) electrons. The summed E-state index contributed by atoms with van der Waals surface area (Å²) in [6, 6.07) is 5.52. The van der Waals surface area contributed by atoms with Crippen molar-refractivity contribution in [3.8, 4) is 10.6 Å². The van der Waals surface area contributed by atoms with Crippen LogP contribution in [0.15, 0.2) is 28.1 Å². The van der Waals surface area contributed by atoms with Crippen LogP contribution in [0.4, 0.5) is 0 Å². The van der Waals surface area contributed by atoms with Gasteiger partial charge in [0.1, 0.15) is 10.7 Å². The van der Waals surface area contributed by atoms with Gasteiger partial charge in [-0.15, -0.1) is 22.9 Å². The number of aromatic nitrogens is 1. The lowest BCUT2D eigenvalue weighted by Gasteiger charge is -1.99. The lowest BCUT2D eigenvalue weighted by atomic mass is 10.2. The van der Waals surface area contributed by atoms with Crippen molar-refractivity contribution in [3.05, 3.63) is 38.8 Å². The molecule has 2 aromatic rings. The number of hydrogen-bond acceptors (Lipinski definition) is 3. The third-order valence-electron chi connectivity index (χ3n) is 2.08. The third kappa shape index (κ3) is 2.88. The van der Waals surface area contributed by atoms with Crippen molar-refractivity contribution in [2.75, 3.05) is 5.88 Å². The summed E-state index contributed by atoms with van der Waals surface area (Å²) in [5, 5.41) is 3.13. The molecule has 17 heavy (non-hydrogen) atoms. The summed E-state index contributed by atoms with van der Waals surface area (Å²) in [4.78, 5) is 15.6. The SMILES string of the molecule is O=C(CCl)c1csc(-c2ccc(Cl)c(Br)c2)n1. The van der Waals surface area contributed by atoms with Crippen molar-refractivity contribution < 1.29 is 4.79 Å². The van der Waals surface area contributed by atoms with Crippen molar-refractivity contribution in [1.29, 1.82) is 0 Å². The van der Waals surface area contributed by atoms with E-state index in [0.717, 1.165) is 15.0 Å². The van der Waals surface area contributed by atoms with E-state index in [1.54, 1.807) is 11.4 Å². The fourth-order valence-electron chi connectivity index (χ4n) is 1.23. The summed E-state index contributed by atoms with van der Waals surface area (Å²) in [5.74, 6) is -0.213. The smallest absolute Gasteiger partial charge is 0.196 e. The van der Waals surface area contributed by atoms with Gasteiger partial charge in [0.2, 0.25) is 0 Å². The maximum absolute atomic E-state index is 11.4. The molecular formula is C11H6BrCl2NOS. The first-order valence-corrected chi connectivity index (χ1v) is 7.20. The average molecular weight is 351 g/mol. The van der Waals surface area contributed by atoms with Crippen LogP contribution in [0.2, 0.25) is 5.02 Å². The number of alkyl halides is 1. The zero-order chi connectivity index (χ0) is 12.4. The number of rotatable bonds is 3. The molecule has 0 amide bonds. The summed E-state index contributed by atoms with van der Waals surface area (Å²) in [6.07, 6.45) is 0. The molecule has 0 atom stereocenters. The van der Waals surface area contributed by atoms with Crippen LogP contribution in [0.25, 0.3) is 10.6 Å². The summed E-state index contributed by atoms with van der Waals surface area (Å²) in [7, 11) is 0. The molecule has 0 aliphatic heterocycles. The Kier molecular flexibility index (Phi) is 4.20. The highest BCUT2D eigenvalue weighted by Gasteiger charge is 2.11. The van der Waals surface area contributed by atoms with Gasteiger partial charge in [-0.25, -0.2) is 4.98 Å². The zero-order valence-corrected chi connectivity index (χ0v) is 12.3. The fraction of sp³-hybridized carbons (Fsp3) is 0.0909. The molecule has 2 nitrogen and oxygen atoms in total. The number of thiazole rings is 1. The summed E-state index contributed by atoms with van der Waals surface area (Å²) in [5.41, 5.74) is 1.32. The normalized spacial score (nSPS) is 10.5. The number of hydrogen-bond donors (Lipinski definition) is 0. The molecule has 1 aromatic heterocycles. The lowest BCUT2D eigenvalue weighted by molar-refractivity contribution is 0.101. The number of benzene rings is 1. The molecule has 0 aliphatic rings. The highest BCUT2D eigenvalue weighted by molar-refractivity contribution is 9.10. The molecule has 0 saturated heterocycles. The fourth-order valence-corrected chi connectivity index (χ4v) is 2.69. The first-order valence-electron chi connectivity index (χ1n) is 4.62. The van der Waals surface area contributed by atoms with Crippen molar-refractivity contribution >= 4 is 56.3 Å². The molecule has 0 aliphatic carbocycles. The van der Waals surface area contributed by atoms with E-state index in [9.17, 15) is 4.79 Å². The van der Waals surface area contributed by atoms with Gasteiger partial charge in [-0.1, -0.05) is 17.7 Å². The molecule has 0 saturated carbocycles. The molecule has 0 N–H and O–H groups in total. The Labute approximate surface area is 121 Å². The molecule has 2 rings (SSSR count). The molecule has 0 spiro atoms. The van der Waals surface area contributed by atoms with Crippen LogP contribution < -0.4 is 0 Å². The van der Waals surface area contributed by atoms with Gasteiger partial charge in [-0.2, -0.15) is 0 Å². The average Bonchev–Trinajstić information content (AvgIpc) is 2.81. The standard InChI is InChI=1S/C11H6BrCl2NOS/c12-7-3-6(1-2-8(7)14)11-15-9(5-17-11)10(16)4-13/h1-3,5H,4H2. The molecule has 1 aromatic carbocycles. The maximum atomic E-state index is 11.4. The monoisotopic (exact) mass is 349 g/mol. The van der Waals surface area contributed by atoms with Gasteiger partial charge in [0.05, 0.1) is 10.9 Å². The molecule has 1 heterocycles. The Hall–Kier alpha value is -0.420. The molecule has 6 heteroatoms. The number of halogens is 3. The van der Waals surface area contributed by atoms with Crippen LogP contribution in [0.1, 0.15) is 10.5 Å². The largest absolute Gasteiger partial charge is 0.291 e. The van der Waals surface area contributed by atoms with Crippen LogP contribution in [-0.4, -0.2) is 16.6 Å². The van der Waals surface area contributed by atoms with E-state index in [-0.39, 0.29) is 11.7 Å². The molecule has 0 fully saturated rings. The van der Waals surface area contributed by atoms with Gasteiger partial charge in [0, 0.05) is 15.4 Å². The van der Waals surface area contributed by atoms with E-state index in [2.05, 4.69) is 20.9 Å². The van der Waals surface area contributed by atoms with Crippen LogP contribution >= 0.6 is 50.5 Å². The second kappa shape index (κ2) is 5.48. The van der Waals surface area contributed by atoms with Crippen LogP contribution in [0, 0.1) is 0 Å². The second-order valence-corrected chi connectivity index (χ2v) is 5.61. The minimum absolute atomic E-state index is 0.0481. The van der Waals surface area contributed by atoms with Gasteiger partial charge >= 0.3 is 0 Å². The van der Waals surface area contributed by atoms with Gasteiger partial charge in [0.15, 0.2) is 5.78 Å². The molecule has 88 valence electrons. The Morgan fingerprint density at radius 3 is 2.88 bits per heavy atom. The van der Waals surface area contributed by atoms with Gasteiger partial charge in [-0.3, -0.25) is 4.79 Å². The topological polar surface area (TPSA) is 30.0 Å². The number of carbonyl (C=O) groups excluding carboxylic acids is 1. The second-order valence-electron chi connectivity index (χ2n) is 3.22. The van der Waals surface area contributed by atoms with Crippen LogP contribution in [0.5, 0.6) is 0 Å². The predicted octanol–water partition coefficient (Wildman–Crippen LogP) is 4.65. The van der Waals surface area contributed by atoms with E-state index in [1.807, 2.05) is 12.1 Å². The number of nitrogens with zero attached hydrogens (tertiary/aromatic N) is 1. The van der Waals surface area contributed by atoms with Crippen molar-refractivity contribution in [2.45, 2.75) is 0 Å². The maximum Gasteiger partial charge on any atom is 0.196 e. The number of carbonyl (C=O) groups is 1. The van der Waals surface area contributed by atoms with E-state index in [0.29, 0.717) is 10.7 Å². The molecular weight excluding hydrogens is 345 g/mol. The van der Waals surface area contributed by atoms with Crippen LogP contribution in [-0.2, 0) is 0 Å². The Morgan fingerprint density at radius 1 is 1.47 bits per heavy atom. The third-order valence-corrected chi connectivity index (χ3v) is 4.43. The van der Waals surface area contributed by atoms with E-state index in [4.69, 9.17) is 23.2 Å². The van der Waals surface area contributed by atoms with Gasteiger partial charge in [0.25, 0.3) is 0 Å². The highest BCUT2D eigenvalue weighted by Crippen LogP contribution is 2.30. The first-order chi connectivity index (χ1) is 8.11. The molecule has 0 bridgehead atoms. The summed E-state index contributed by atoms with van der Waals surface area (Å²) < 4.78 is 0.803. The summed E-state index contributed by atoms with van der Waals surface area (Å²) >= 11 is 16.1. The lowest BCUT2D eigenvalue weighted by Crippen LogP contribution is -1.99. The zero-order valence-electron chi connectivity index (χ0n) is 8.41. The van der Waals surface area contributed by atoms with Crippen molar-refractivity contribution in [2.24, 2.45) is 0 Å². The quantitative estimate of drug-likeness (QED) is 0.595. The van der Waals surface area contributed by atoms with E-state index < -0.39 is 0 Å². The predicted molar refractivity (Wildman–Crippen MR) is 75.3 cm³/mol. The van der Waals surface area contributed by atoms with Crippen molar-refractivity contribution in [3.63, 3.8) is 0 Å². The van der Waals surface area contributed by atoms with E-state index >= 15 is 0 Å². The summed E-state index contributed by atoms with van der Waals surface area (Å²) in [6.45, 7) is 0. The number of Topliss-reactive ketones (excluding diaryl/α,β-unsaturated/α-hetero) is 1. The Morgan fingerprint density at radius 2 is 2.24 bits per heavy atom. The Balaban J connectivity index is 2.37. The Bertz CT molecular complexity index is 570. The highest BCUT2D eigenvalue weighted by atomic mass is 79.9. The minimum Gasteiger partial charge on any atom is -0.291 e. The van der Waals surface area contributed by atoms with E-state index in [1.165, 1.54) is 11.3 Å². The molecule has 0 unspecified atom stereocenters. The number of ketones is 1. The first kappa shape index (κ1) is 13.0. The van der Waals surface area contributed by atoms with Gasteiger partial charge < -0.3 is 0 Å². The van der Waals surface area contributed by atoms with Crippen molar-refractivity contribution in [1.82, 2.24) is 4.98 Å².